The summed E-state index contributed by atoms with van der Waals surface area (Å²) in [6.07, 6.45) is 1.94. The smallest absolute Gasteiger partial charge is 0.217 e. The Labute approximate surface area is 201 Å². The summed E-state index contributed by atoms with van der Waals surface area (Å²) in [5, 5.41) is 6.45. The average Bonchev–Trinajstić information content (AvgIpc) is 2.70. The van der Waals surface area contributed by atoms with Crippen LogP contribution in [0.2, 0.25) is 0 Å². The maximum Gasteiger partial charge on any atom is 0.217 e. The Morgan fingerprint density at radius 1 is 1.15 bits per heavy atom. The molecular weight excluding hydrogens is 436 g/mol. The molecule has 0 spiro atoms. The van der Waals surface area contributed by atoms with Gasteiger partial charge in [-0.05, 0) is 54.5 Å². The van der Waals surface area contributed by atoms with Crippen molar-refractivity contribution in [3.05, 3.63) is 64.7 Å². The molecular formula is C27H37F2N3O2. The third-order valence-electron chi connectivity index (χ3n) is 6.24. The standard InChI is InChI=1S/C27H37F2N3O2/c1-17(33)32-24(13-19-10-20(28)14-21(29)11-19)23(30)16-31-27(5)8-9-34-25-7-6-18(12-22(25)27)15-26(2,3)4/h6-7,10-12,14,23-24,31H,8-9,13,15-16,30H2,1-5H3,(H,32,33)/t23-,24+,27?/m1/s1. The van der Waals surface area contributed by atoms with Crippen LogP contribution in [0.15, 0.2) is 36.4 Å². The Bertz CT molecular complexity index is 1000. The second-order valence-electron chi connectivity index (χ2n) is 10.8. The highest BCUT2D eigenvalue weighted by atomic mass is 19.1. The maximum atomic E-state index is 13.7. The third kappa shape index (κ3) is 7.00. The molecule has 3 atom stereocenters. The molecule has 186 valence electrons. The summed E-state index contributed by atoms with van der Waals surface area (Å²) in [5.74, 6) is -0.686. The van der Waals surface area contributed by atoms with E-state index in [1.165, 1.54) is 24.6 Å². The second-order valence-corrected chi connectivity index (χ2v) is 10.8. The number of benzene rings is 2. The molecule has 1 aliphatic heterocycles. The van der Waals surface area contributed by atoms with Crippen LogP contribution in [0.3, 0.4) is 0 Å². The summed E-state index contributed by atoms with van der Waals surface area (Å²) in [6.45, 7) is 11.2. The van der Waals surface area contributed by atoms with E-state index in [0.29, 0.717) is 18.7 Å². The van der Waals surface area contributed by atoms with Crippen LogP contribution in [0.5, 0.6) is 5.75 Å². The Morgan fingerprint density at radius 3 is 2.44 bits per heavy atom. The van der Waals surface area contributed by atoms with Crippen molar-refractivity contribution in [2.45, 2.75) is 71.5 Å². The van der Waals surface area contributed by atoms with Gasteiger partial charge in [0, 0.05) is 49.1 Å². The van der Waals surface area contributed by atoms with Crippen LogP contribution in [0.25, 0.3) is 0 Å². The Balaban J connectivity index is 1.76. The first kappa shape index (κ1) is 26.1. The number of carbonyl (C=O) groups is 1. The fraction of sp³-hybridized carbons (Fsp3) is 0.519. The number of ether oxygens (including phenoxy) is 1. The molecule has 0 bridgehead atoms. The lowest BCUT2D eigenvalue weighted by Gasteiger charge is -2.39. The molecule has 0 fully saturated rings. The molecule has 0 saturated heterocycles. The summed E-state index contributed by atoms with van der Waals surface area (Å²) >= 11 is 0. The van der Waals surface area contributed by atoms with Crippen molar-refractivity contribution in [2.24, 2.45) is 11.1 Å². The highest BCUT2D eigenvalue weighted by Gasteiger charge is 2.34. The van der Waals surface area contributed by atoms with Gasteiger partial charge < -0.3 is 21.1 Å². The minimum Gasteiger partial charge on any atom is -0.493 e. The monoisotopic (exact) mass is 473 g/mol. The van der Waals surface area contributed by atoms with Gasteiger partial charge in [-0.2, -0.15) is 0 Å². The second kappa shape index (κ2) is 10.4. The average molecular weight is 474 g/mol. The number of carbonyl (C=O) groups excluding carboxylic acids is 1. The molecule has 1 amide bonds. The summed E-state index contributed by atoms with van der Waals surface area (Å²) in [4.78, 5) is 11.8. The minimum absolute atomic E-state index is 0.165. The van der Waals surface area contributed by atoms with E-state index in [-0.39, 0.29) is 23.3 Å². The summed E-state index contributed by atoms with van der Waals surface area (Å²) < 4.78 is 33.3. The lowest BCUT2D eigenvalue weighted by molar-refractivity contribution is -0.119. The molecule has 5 nitrogen and oxygen atoms in total. The van der Waals surface area contributed by atoms with Gasteiger partial charge in [0.2, 0.25) is 5.91 Å². The van der Waals surface area contributed by atoms with Gasteiger partial charge in [0.25, 0.3) is 0 Å². The van der Waals surface area contributed by atoms with E-state index < -0.39 is 23.7 Å². The summed E-state index contributed by atoms with van der Waals surface area (Å²) in [7, 11) is 0. The normalized spacial score (nSPS) is 19.6. The minimum atomic E-state index is -0.652. The lowest BCUT2D eigenvalue weighted by Crippen LogP contribution is -2.56. The highest BCUT2D eigenvalue weighted by molar-refractivity contribution is 5.73. The number of halogens is 2. The molecule has 1 aliphatic rings. The molecule has 34 heavy (non-hydrogen) atoms. The Morgan fingerprint density at radius 2 is 1.82 bits per heavy atom. The van der Waals surface area contributed by atoms with Gasteiger partial charge in [-0.3, -0.25) is 4.79 Å². The van der Waals surface area contributed by atoms with Gasteiger partial charge >= 0.3 is 0 Å². The van der Waals surface area contributed by atoms with Crippen LogP contribution in [0.4, 0.5) is 8.78 Å². The molecule has 0 aromatic heterocycles. The van der Waals surface area contributed by atoms with Crippen LogP contribution in [-0.4, -0.2) is 31.1 Å². The van der Waals surface area contributed by atoms with E-state index in [4.69, 9.17) is 10.5 Å². The van der Waals surface area contributed by atoms with Crippen LogP contribution in [0, 0.1) is 17.0 Å². The molecule has 3 rings (SSSR count). The van der Waals surface area contributed by atoms with Crippen molar-refractivity contribution in [1.29, 1.82) is 0 Å². The molecule has 0 radical (unpaired) electrons. The predicted molar refractivity (Wildman–Crippen MR) is 131 cm³/mol. The molecule has 4 N–H and O–H groups in total. The first-order valence-corrected chi connectivity index (χ1v) is 11.8. The van der Waals surface area contributed by atoms with Crippen molar-refractivity contribution in [1.82, 2.24) is 10.6 Å². The highest BCUT2D eigenvalue weighted by Crippen LogP contribution is 2.38. The molecule has 1 unspecified atom stereocenters. The van der Waals surface area contributed by atoms with E-state index in [1.54, 1.807) is 0 Å². The SMILES string of the molecule is CC(=O)N[C@@H](Cc1cc(F)cc(F)c1)[C@H](N)CNC1(C)CCOc2ccc(CC(C)(C)C)cc21. The molecule has 1 heterocycles. The number of fused-ring (bicyclic) bond motifs is 1. The maximum absolute atomic E-state index is 13.7. The first-order valence-electron chi connectivity index (χ1n) is 11.8. The topological polar surface area (TPSA) is 76.4 Å². The quantitative estimate of drug-likeness (QED) is 0.537. The van der Waals surface area contributed by atoms with Crippen molar-refractivity contribution >= 4 is 5.91 Å². The third-order valence-corrected chi connectivity index (χ3v) is 6.24. The fourth-order valence-corrected chi connectivity index (χ4v) is 4.58. The van der Waals surface area contributed by atoms with Crippen LogP contribution in [-0.2, 0) is 23.2 Å². The van der Waals surface area contributed by atoms with Gasteiger partial charge in [-0.15, -0.1) is 0 Å². The number of amides is 1. The van der Waals surface area contributed by atoms with E-state index in [9.17, 15) is 13.6 Å². The predicted octanol–water partition coefficient (Wildman–Crippen LogP) is 4.22. The molecule has 0 saturated carbocycles. The number of hydrogen-bond donors (Lipinski definition) is 3. The molecule has 0 aliphatic carbocycles. The van der Waals surface area contributed by atoms with E-state index in [2.05, 4.69) is 50.5 Å². The van der Waals surface area contributed by atoms with Crippen molar-refractivity contribution in [3.63, 3.8) is 0 Å². The van der Waals surface area contributed by atoms with Crippen molar-refractivity contribution in [2.75, 3.05) is 13.2 Å². The molecule has 7 heteroatoms. The first-order chi connectivity index (χ1) is 15.8. The molecule has 2 aromatic rings. The zero-order valence-corrected chi connectivity index (χ0v) is 20.8. The van der Waals surface area contributed by atoms with E-state index >= 15 is 0 Å². The van der Waals surface area contributed by atoms with Crippen LogP contribution >= 0.6 is 0 Å². The number of hydrogen-bond acceptors (Lipinski definition) is 4. The Hall–Kier alpha value is -2.51. The van der Waals surface area contributed by atoms with E-state index in [0.717, 1.165) is 30.2 Å². The summed E-state index contributed by atoms with van der Waals surface area (Å²) in [5.41, 5.74) is 9.10. The zero-order chi connectivity index (χ0) is 25.1. The lowest BCUT2D eigenvalue weighted by atomic mass is 9.82. The van der Waals surface area contributed by atoms with Crippen molar-refractivity contribution in [3.8, 4) is 5.75 Å². The zero-order valence-electron chi connectivity index (χ0n) is 20.8. The number of nitrogens with one attached hydrogen (secondary N) is 2. The molecule has 2 aromatic carbocycles. The fourth-order valence-electron chi connectivity index (χ4n) is 4.58. The van der Waals surface area contributed by atoms with Crippen LogP contribution in [0.1, 0.15) is 57.7 Å². The van der Waals surface area contributed by atoms with Gasteiger partial charge in [-0.25, -0.2) is 8.78 Å². The van der Waals surface area contributed by atoms with Gasteiger partial charge in [0.05, 0.1) is 6.61 Å². The van der Waals surface area contributed by atoms with E-state index in [1.807, 2.05) is 6.07 Å². The van der Waals surface area contributed by atoms with Gasteiger partial charge in [-0.1, -0.05) is 32.9 Å². The number of rotatable bonds is 8. The Kier molecular flexibility index (Phi) is 7.98. The van der Waals surface area contributed by atoms with Crippen molar-refractivity contribution < 1.29 is 18.3 Å². The largest absolute Gasteiger partial charge is 0.493 e. The summed E-state index contributed by atoms with van der Waals surface area (Å²) in [6, 6.07) is 8.77. The van der Waals surface area contributed by atoms with Crippen LogP contribution < -0.4 is 21.1 Å². The van der Waals surface area contributed by atoms with Gasteiger partial charge in [0.1, 0.15) is 17.4 Å². The number of nitrogens with two attached hydrogens (primary N) is 1. The van der Waals surface area contributed by atoms with Gasteiger partial charge in [0.15, 0.2) is 0 Å².